The Hall–Kier alpha value is -0.830. The van der Waals surface area contributed by atoms with Gasteiger partial charge in [-0.05, 0) is 28.1 Å². The van der Waals surface area contributed by atoms with E-state index in [0.717, 1.165) is 4.47 Å². The van der Waals surface area contributed by atoms with Crippen molar-refractivity contribution in [1.82, 2.24) is 0 Å². The number of benzene rings is 1. The van der Waals surface area contributed by atoms with E-state index in [2.05, 4.69) is 15.9 Å². The summed E-state index contributed by atoms with van der Waals surface area (Å²) in [6.45, 7) is 2.00. The number of hydrogen-bond acceptors (Lipinski definition) is 2. The molecule has 0 saturated carbocycles. The molecule has 0 bridgehead atoms. The van der Waals surface area contributed by atoms with Gasteiger partial charge in [-0.2, -0.15) is 0 Å². The van der Waals surface area contributed by atoms with Gasteiger partial charge in [0, 0.05) is 0 Å². The minimum Gasteiger partial charge on any atom is -0.507 e. The summed E-state index contributed by atoms with van der Waals surface area (Å²) >= 11 is 3.15. The first-order valence-corrected chi connectivity index (χ1v) is 3.32. The highest BCUT2D eigenvalue weighted by Gasteiger charge is 1.89. The van der Waals surface area contributed by atoms with Crippen LogP contribution < -0.4 is 0 Å². The Morgan fingerprint density at radius 3 is 2.10 bits per heavy atom. The lowest BCUT2D eigenvalue weighted by Gasteiger charge is -1.90. The van der Waals surface area contributed by atoms with Gasteiger partial charge in [0.05, 0.1) is 4.47 Å². The zero-order valence-electron chi connectivity index (χ0n) is 5.25. The third-order valence-corrected chi connectivity index (χ3v) is 1.52. The highest BCUT2D eigenvalue weighted by Crippen LogP contribution is 2.21. The first-order valence-electron chi connectivity index (χ1n) is 2.53. The highest BCUT2D eigenvalue weighted by molar-refractivity contribution is 9.10. The van der Waals surface area contributed by atoms with Gasteiger partial charge in [0.1, 0.15) is 12.5 Å². The van der Waals surface area contributed by atoms with Gasteiger partial charge in [0.25, 0.3) is 0 Å². The molecule has 0 amide bonds. The molecular formula is C7H7BrO2. The fraction of sp³-hybridized carbons (Fsp3) is 0. The quantitative estimate of drug-likeness (QED) is 0.699. The smallest absolute Gasteiger partial charge is 0.129 e. The van der Waals surface area contributed by atoms with Gasteiger partial charge < -0.3 is 9.90 Å². The molecule has 0 aromatic heterocycles. The number of para-hydroxylation sites is 1. The molecule has 2 nitrogen and oxygen atoms in total. The molecular weight excluding hydrogens is 196 g/mol. The molecule has 0 saturated heterocycles. The van der Waals surface area contributed by atoms with E-state index in [0.29, 0.717) is 0 Å². The van der Waals surface area contributed by atoms with Crippen molar-refractivity contribution in [2.24, 2.45) is 0 Å². The van der Waals surface area contributed by atoms with Crippen LogP contribution in [0.25, 0.3) is 0 Å². The normalized spacial score (nSPS) is 7.70. The van der Waals surface area contributed by atoms with Crippen molar-refractivity contribution in [3.63, 3.8) is 0 Å². The van der Waals surface area contributed by atoms with Crippen molar-refractivity contribution in [2.75, 3.05) is 0 Å². The second kappa shape index (κ2) is 4.99. The van der Waals surface area contributed by atoms with Crippen LogP contribution in [0.4, 0.5) is 0 Å². The van der Waals surface area contributed by atoms with E-state index in [1.165, 1.54) is 0 Å². The van der Waals surface area contributed by atoms with Crippen LogP contribution in [0, 0.1) is 0 Å². The van der Waals surface area contributed by atoms with Gasteiger partial charge in [-0.15, -0.1) is 0 Å². The molecule has 3 heteroatoms. The minimum atomic E-state index is 0.285. The maximum absolute atomic E-state index is 8.87. The zero-order valence-corrected chi connectivity index (χ0v) is 6.84. The third-order valence-electron chi connectivity index (χ3n) is 0.852. The molecule has 1 aromatic rings. The van der Waals surface area contributed by atoms with Crippen LogP contribution in [0.1, 0.15) is 0 Å². The van der Waals surface area contributed by atoms with Crippen LogP contribution >= 0.6 is 15.9 Å². The summed E-state index contributed by atoms with van der Waals surface area (Å²) in [7, 11) is 0. The number of phenols is 1. The molecule has 0 aliphatic heterocycles. The van der Waals surface area contributed by atoms with Crippen molar-refractivity contribution in [3.05, 3.63) is 28.7 Å². The Bertz CT molecular complexity index is 180. The van der Waals surface area contributed by atoms with Gasteiger partial charge in [0.15, 0.2) is 0 Å². The predicted molar refractivity (Wildman–Crippen MR) is 42.9 cm³/mol. The van der Waals surface area contributed by atoms with Crippen LogP contribution in [0.15, 0.2) is 28.7 Å². The summed E-state index contributed by atoms with van der Waals surface area (Å²) in [5.41, 5.74) is 0. The maximum atomic E-state index is 8.87. The zero-order chi connectivity index (χ0) is 7.98. The third kappa shape index (κ3) is 2.64. The second-order valence-corrected chi connectivity index (χ2v) is 2.31. The number of carbonyl (C=O) groups excluding carboxylic acids is 1. The number of phenolic OH excluding ortho intramolecular Hbond substituents is 1. The first kappa shape index (κ1) is 9.17. The summed E-state index contributed by atoms with van der Waals surface area (Å²) < 4.78 is 0.736. The van der Waals surface area contributed by atoms with E-state index in [-0.39, 0.29) is 5.75 Å². The summed E-state index contributed by atoms with van der Waals surface area (Å²) in [6, 6.07) is 7.04. The fourth-order valence-corrected chi connectivity index (χ4v) is 0.737. The van der Waals surface area contributed by atoms with Gasteiger partial charge in [0.2, 0.25) is 0 Å². The molecule has 0 radical (unpaired) electrons. The van der Waals surface area contributed by atoms with E-state index < -0.39 is 0 Å². The molecule has 0 heterocycles. The van der Waals surface area contributed by atoms with Crippen LogP contribution in [0.5, 0.6) is 5.75 Å². The molecule has 1 N–H and O–H groups in total. The van der Waals surface area contributed by atoms with Gasteiger partial charge in [-0.1, -0.05) is 12.1 Å². The van der Waals surface area contributed by atoms with Gasteiger partial charge in [-0.25, -0.2) is 0 Å². The Kier molecular flexibility index (Phi) is 4.58. The lowest BCUT2D eigenvalue weighted by molar-refractivity contribution is -0.0979. The summed E-state index contributed by atoms with van der Waals surface area (Å²) in [6.07, 6.45) is 0. The Morgan fingerprint density at radius 2 is 1.80 bits per heavy atom. The van der Waals surface area contributed by atoms with Crippen molar-refractivity contribution in [2.45, 2.75) is 0 Å². The van der Waals surface area contributed by atoms with Crippen molar-refractivity contribution in [3.8, 4) is 5.75 Å². The van der Waals surface area contributed by atoms with Gasteiger partial charge in [-0.3, -0.25) is 0 Å². The molecule has 0 aliphatic rings. The predicted octanol–water partition coefficient (Wildman–Crippen LogP) is 1.97. The molecule has 10 heavy (non-hydrogen) atoms. The molecule has 0 aliphatic carbocycles. The topological polar surface area (TPSA) is 37.3 Å². The molecule has 1 rings (SSSR count). The van der Waals surface area contributed by atoms with Crippen LogP contribution in [0.3, 0.4) is 0 Å². The lowest BCUT2D eigenvalue weighted by atomic mass is 10.3. The molecule has 0 spiro atoms. The van der Waals surface area contributed by atoms with Crippen LogP contribution in [-0.2, 0) is 4.79 Å². The van der Waals surface area contributed by atoms with E-state index in [1.54, 1.807) is 18.2 Å². The largest absolute Gasteiger partial charge is 0.507 e. The van der Waals surface area contributed by atoms with Gasteiger partial charge >= 0.3 is 0 Å². The number of hydrogen-bond donors (Lipinski definition) is 1. The first-order chi connectivity index (χ1) is 4.80. The van der Waals surface area contributed by atoms with E-state index in [4.69, 9.17) is 9.90 Å². The molecule has 0 unspecified atom stereocenters. The number of aromatic hydroxyl groups is 1. The number of halogens is 1. The Morgan fingerprint density at radius 1 is 1.30 bits per heavy atom. The van der Waals surface area contributed by atoms with Crippen molar-refractivity contribution in [1.29, 1.82) is 0 Å². The van der Waals surface area contributed by atoms with Crippen molar-refractivity contribution < 1.29 is 9.90 Å². The average Bonchev–Trinajstić information content (AvgIpc) is 2.00. The summed E-state index contributed by atoms with van der Waals surface area (Å²) in [5.74, 6) is 0.285. The number of carbonyl (C=O) groups is 1. The second-order valence-electron chi connectivity index (χ2n) is 1.45. The Balaban J connectivity index is 0.000000371. The molecule has 54 valence electrons. The van der Waals surface area contributed by atoms with E-state index in [9.17, 15) is 0 Å². The lowest BCUT2D eigenvalue weighted by Crippen LogP contribution is -1.63. The standard InChI is InChI=1S/C6H5BrO.CH2O/c7-5-3-1-2-4-6(5)8;1-2/h1-4,8H;1H2. The minimum absolute atomic E-state index is 0.285. The van der Waals surface area contributed by atoms with Crippen LogP contribution in [0.2, 0.25) is 0 Å². The van der Waals surface area contributed by atoms with E-state index in [1.807, 2.05) is 12.9 Å². The molecule has 0 atom stereocenters. The van der Waals surface area contributed by atoms with E-state index >= 15 is 0 Å². The number of rotatable bonds is 0. The average molecular weight is 203 g/mol. The SMILES string of the molecule is C=O.Oc1ccccc1Br. The fourth-order valence-electron chi connectivity index (χ4n) is 0.452. The highest BCUT2D eigenvalue weighted by atomic mass is 79.9. The summed E-state index contributed by atoms with van der Waals surface area (Å²) in [4.78, 5) is 8.00. The monoisotopic (exact) mass is 202 g/mol. The maximum Gasteiger partial charge on any atom is 0.129 e. The van der Waals surface area contributed by atoms with Crippen molar-refractivity contribution >= 4 is 22.7 Å². The Labute approximate surface area is 67.6 Å². The van der Waals surface area contributed by atoms with Crippen LogP contribution in [-0.4, -0.2) is 11.9 Å². The summed E-state index contributed by atoms with van der Waals surface area (Å²) in [5, 5.41) is 8.87. The molecule has 0 fully saturated rings. The molecule has 1 aromatic carbocycles.